The molecule has 0 amide bonds. The Morgan fingerprint density at radius 1 is 0.441 bits per heavy atom. The highest BCUT2D eigenvalue weighted by Gasteiger charge is 2.30. The van der Waals surface area contributed by atoms with Crippen molar-refractivity contribution >= 4 is 75.5 Å². The van der Waals surface area contributed by atoms with Gasteiger partial charge in [0, 0.05) is 53.6 Å². The van der Waals surface area contributed by atoms with Crippen molar-refractivity contribution in [3.8, 4) is 45.6 Å². The van der Waals surface area contributed by atoms with Crippen LogP contribution < -0.4 is 0 Å². The molecule has 4 aromatic carbocycles. The van der Waals surface area contributed by atoms with E-state index in [1.54, 1.807) is 0 Å². The third kappa shape index (κ3) is 6.21. The van der Waals surface area contributed by atoms with Gasteiger partial charge >= 0.3 is 0 Å². The number of rotatable bonds is 2. The van der Waals surface area contributed by atoms with Gasteiger partial charge in [0.05, 0.1) is 0 Å². The molecule has 0 radical (unpaired) electrons. The number of nitrogens with one attached hydrogen (secondary N) is 2. The van der Waals surface area contributed by atoms with E-state index in [2.05, 4.69) is 141 Å². The number of hydrogen-bond acceptors (Lipinski definition) is 9. The lowest BCUT2D eigenvalue weighted by Gasteiger charge is -2.19. The average Bonchev–Trinajstić information content (AvgIpc) is 4.01. The molecular weight excluding hydrogens is 785 g/mol. The maximum Gasteiger partial charge on any atom is 0.164 e. The van der Waals surface area contributed by atoms with Crippen molar-refractivity contribution in [3.05, 3.63) is 82.4 Å². The normalized spacial score (nSPS) is 13.9. The number of benzene rings is 4. The van der Waals surface area contributed by atoms with Crippen LogP contribution in [-0.2, 0) is 29.1 Å². The Morgan fingerprint density at radius 3 is 1.29 bits per heavy atom. The van der Waals surface area contributed by atoms with E-state index in [1.807, 2.05) is 31.4 Å². The lowest BCUT2D eigenvalue weighted by atomic mass is 9.85. The van der Waals surface area contributed by atoms with Crippen molar-refractivity contribution in [1.82, 2.24) is 39.9 Å². The predicted octanol–water partition coefficient (Wildman–Crippen LogP) is 13.6. The summed E-state index contributed by atoms with van der Waals surface area (Å²) in [6, 6.07) is 19.9. The minimum atomic E-state index is -0.0734. The van der Waals surface area contributed by atoms with E-state index in [-0.39, 0.29) is 16.2 Å². The Morgan fingerprint density at radius 2 is 0.831 bits per heavy atom. The number of aryl methyl sites for hydroxylation is 2. The monoisotopic (exact) mass is 832 g/mol. The first-order chi connectivity index (χ1) is 28.0. The van der Waals surface area contributed by atoms with E-state index >= 15 is 0 Å². The van der Waals surface area contributed by atoms with E-state index in [9.17, 15) is 0 Å². The van der Waals surface area contributed by atoms with Crippen LogP contribution in [0.25, 0.3) is 89.7 Å². The van der Waals surface area contributed by atoms with Crippen LogP contribution in [0, 0.1) is 0 Å². The molecule has 3 aliphatic heterocycles. The molecule has 0 spiro atoms. The molecule has 0 aliphatic carbocycles. The highest BCUT2D eigenvalue weighted by Crippen LogP contribution is 2.60. The van der Waals surface area contributed by atoms with E-state index < -0.39 is 0 Å². The van der Waals surface area contributed by atoms with Crippen LogP contribution in [0.4, 0.5) is 0 Å². The molecule has 11 heteroatoms. The van der Waals surface area contributed by atoms with Gasteiger partial charge in [-0.15, -0.1) is 0 Å². The molecule has 3 aromatic heterocycles. The van der Waals surface area contributed by atoms with E-state index in [4.69, 9.17) is 29.9 Å². The van der Waals surface area contributed by atoms with Crippen LogP contribution in [0.3, 0.4) is 0 Å². The average molecular weight is 833 g/mol. The van der Waals surface area contributed by atoms with Gasteiger partial charge in [-0.3, -0.25) is 0 Å². The van der Waals surface area contributed by atoms with Gasteiger partial charge in [0.15, 0.2) is 23.3 Å². The number of hydrogen-bond donors (Lipinski definition) is 2. The summed E-state index contributed by atoms with van der Waals surface area (Å²) >= 11 is 0. The Bertz CT molecular complexity index is 3120. The van der Waals surface area contributed by atoms with Gasteiger partial charge in [-0.25, -0.2) is 29.9 Å². The standard InChI is InChI=1S/C48H48N8S3/c1-12-26-34-35(27(13-2)37-36(26)57-59-58-37)45-55-43-33-22-25(48(9,10)11)15-18-29(33)39(52-43)51-41-31-20-23(46(3,4)5)14-17-28(31)38(49-41)50-42-32-21-24(47(6,7)8)16-19-30(32)40(53-42)54-44(34)56-45/h14-22H,12-13H2,1-11H3,(H2,49,50,51,52,53,54,55,56). The molecule has 8 bridgehead atoms. The van der Waals surface area contributed by atoms with Gasteiger partial charge in [-0.1, -0.05) is 113 Å². The maximum atomic E-state index is 5.51. The lowest BCUT2D eigenvalue weighted by molar-refractivity contribution is 0.590. The smallest absolute Gasteiger partial charge is 0.164 e. The molecule has 0 unspecified atom stereocenters. The summed E-state index contributed by atoms with van der Waals surface area (Å²) in [5.41, 5.74) is 12.7. The zero-order valence-corrected chi connectivity index (χ0v) is 38.0. The molecule has 3 aliphatic rings. The Hall–Kier alpha value is -4.71. The summed E-state index contributed by atoms with van der Waals surface area (Å²) in [5.74, 6) is 2.50. The summed E-state index contributed by atoms with van der Waals surface area (Å²) in [6.45, 7) is 24.7. The third-order valence-electron chi connectivity index (χ3n) is 11.9. The van der Waals surface area contributed by atoms with Crippen LogP contribution >= 0.6 is 31.4 Å². The van der Waals surface area contributed by atoms with Crippen LogP contribution in [-0.4, -0.2) is 39.9 Å². The summed E-state index contributed by atoms with van der Waals surface area (Å²) in [4.78, 5) is 42.4. The lowest BCUT2D eigenvalue weighted by Crippen LogP contribution is -2.10. The van der Waals surface area contributed by atoms with Crippen molar-refractivity contribution in [2.45, 2.75) is 115 Å². The highest BCUT2D eigenvalue weighted by molar-refractivity contribution is 9.10. The number of fused-ring (bicyclic) bond motifs is 21. The topological polar surface area (TPSA) is 109 Å². The largest absolute Gasteiger partial charge is 0.324 e. The molecule has 7 aromatic rings. The molecule has 6 heterocycles. The molecular formula is C48H48N8S3. The third-order valence-corrected chi connectivity index (χ3v) is 16.1. The quantitative estimate of drug-likeness (QED) is 0.165. The van der Waals surface area contributed by atoms with Crippen LogP contribution in [0.5, 0.6) is 0 Å². The van der Waals surface area contributed by atoms with Crippen molar-refractivity contribution in [1.29, 1.82) is 0 Å². The second kappa shape index (κ2) is 13.4. The van der Waals surface area contributed by atoms with Crippen molar-refractivity contribution < 1.29 is 0 Å². The molecule has 59 heavy (non-hydrogen) atoms. The fraction of sp³-hybridized carbons (Fsp3) is 0.333. The molecule has 2 N–H and O–H groups in total. The van der Waals surface area contributed by atoms with Gasteiger partial charge in [0.1, 0.15) is 22.6 Å². The fourth-order valence-electron chi connectivity index (χ4n) is 8.49. The van der Waals surface area contributed by atoms with Gasteiger partial charge in [0.2, 0.25) is 0 Å². The predicted molar refractivity (Wildman–Crippen MR) is 250 cm³/mol. The summed E-state index contributed by atoms with van der Waals surface area (Å²) in [7, 11) is 5.55. The molecule has 8 nitrogen and oxygen atoms in total. The zero-order chi connectivity index (χ0) is 41.3. The fourth-order valence-corrected chi connectivity index (χ4v) is 13.5. The number of aromatic amines is 2. The Labute approximate surface area is 356 Å². The second-order valence-electron chi connectivity index (χ2n) is 18.9. The van der Waals surface area contributed by atoms with Crippen LogP contribution in [0.2, 0.25) is 0 Å². The number of aromatic nitrogens is 8. The van der Waals surface area contributed by atoms with E-state index in [0.29, 0.717) is 34.6 Å². The Balaban J connectivity index is 1.42. The summed E-state index contributed by atoms with van der Waals surface area (Å²) in [6.07, 6.45) is 1.71. The summed E-state index contributed by atoms with van der Waals surface area (Å²) in [5, 5.41) is 4.17. The molecule has 0 fully saturated rings. The first-order valence-corrected chi connectivity index (χ1v) is 24.0. The minimum Gasteiger partial charge on any atom is -0.324 e. The van der Waals surface area contributed by atoms with Crippen molar-refractivity contribution in [2.75, 3.05) is 0 Å². The van der Waals surface area contributed by atoms with Gasteiger partial charge in [-0.05, 0) is 107 Å². The van der Waals surface area contributed by atoms with Gasteiger partial charge in [-0.2, -0.15) is 0 Å². The highest BCUT2D eigenvalue weighted by atomic mass is 33.5. The van der Waals surface area contributed by atoms with E-state index in [0.717, 1.165) is 67.9 Å². The zero-order valence-electron chi connectivity index (χ0n) is 35.5. The van der Waals surface area contributed by atoms with Crippen molar-refractivity contribution in [3.63, 3.8) is 0 Å². The van der Waals surface area contributed by atoms with E-state index in [1.165, 1.54) is 37.6 Å². The Kier molecular flexibility index (Phi) is 8.74. The van der Waals surface area contributed by atoms with Crippen LogP contribution in [0.15, 0.2) is 64.4 Å². The van der Waals surface area contributed by atoms with Crippen LogP contribution in [0.1, 0.15) is 104 Å². The number of H-pyrrole nitrogens is 2. The summed E-state index contributed by atoms with van der Waals surface area (Å²) < 4.78 is 0. The second-order valence-corrected chi connectivity index (χ2v) is 22.9. The molecule has 0 saturated carbocycles. The van der Waals surface area contributed by atoms with Gasteiger partial charge < -0.3 is 9.97 Å². The first-order valence-electron chi connectivity index (χ1n) is 20.5. The van der Waals surface area contributed by atoms with Crippen molar-refractivity contribution in [2.24, 2.45) is 0 Å². The SMILES string of the molecule is CCc1c2c(c(CC)c3c4nc5nc(nc6[nH]c(nc7nc(nc([nH]4)c13)-c1ccc(C(C)(C)C)cc1-7)c1ccc(C(C)(C)C)cc61)-c1ccc(C(C)(C)C)cc1-5)SSS2. The molecule has 0 saturated heterocycles. The molecule has 0 atom stereocenters. The number of nitrogens with zero attached hydrogens (tertiary/aromatic N) is 6. The van der Waals surface area contributed by atoms with Gasteiger partial charge in [0.25, 0.3) is 0 Å². The minimum absolute atomic E-state index is 0.0678. The molecule has 298 valence electrons. The first kappa shape index (κ1) is 38.5. The molecule has 10 rings (SSSR count). The maximum absolute atomic E-state index is 5.51.